The molecule has 0 saturated heterocycles. The quantitative estimate of drug-likeness (QED) is 0.585. The van der Waals surface area contributed by atoms with Crippen LogP contribution in [-0.2, 0) is 11.2 Å². The first-order valence-corrected chi connectivity index (χ1v) is 10.3. The predicted octanol–water partition coefficient (Wildman–Crippen LogP) is 5.49. The lowest BCUT2D eigenvalue weighted by Gasteiger charge is -2.13. The van der Waals surface area contributed by atoms with Crippen LogP contribution in [0.3, 0.4) is 0 Å². The predicted molar refractivity (Wildman–Crippen MR) is 119 cm³/mol. The van der Waals surface area contributed by atoms with E-state index in [1.807, 2.05) is 13.8 Å². The van der Waals surface area contributed by atoms with Gasteiger partial charge in [-0.2, -0.15) is 0 Å². The molecule has 0 aliphatic carbocycles. The summed E-state index contributed by atoms with van der Waals surface area (Å²) in [6, 6.07) is 6.41. The Morgan fingerprint density at radius 3 is 2.04 bits per heavy atom. The number of hydrogen-bond acceptors (Lipinski definition) is 3. The summed E-state index contributed by atoms with van der Waals surface area (Å²) in [5, 5.41) is 11.3. The standard InChI is InChI=1S/C17H27NO.C4H11NO.C2H6/c1-6-14-9-15(13(4)5)11-16(10-14)18-17(19)8-7-12(2)3;1-4(2,5)3-6;1-2/h9-13H,6-8H2,1-5H3,(H,18,19);6H,3,5H2,1-2H3;1-2H3. The van der Waals surface area contributed by atoms with Gasteiger partial charge in [0.1, 0.15) is 0 Å². The number of nitrogens with one attached hydrogen (secondary N) is 1. The highest BCUT2D eigenvalue weighted by Crippen LogP contribution is 2.22. The van der Waals surface area contributed by atoms with Crippen molar-refractivity contribution < 1.29 is 9.90 Å². The van der Waals surface area contributed by atoms with Crippen molar-refractivity contribution in [1.82, 2.24) is 0 Å². The van der Waals surface area contributed by atoms with Gasteiger partial charge in [0.15, 0.2) is 0 Å². The Balaban J connectivity index is 0. The largest absolute Gasteiger partial charge is 0.394 e. The maximum absolute atomic E-state index is 11.9. The molecule has 0 aliphatic rings. The molecular formula is C23H44N2O2. The van der Waals surface area contributed by atoms with Crippen LogP contribution in [-0.4, -0.2) is 23.2 Å². The van der Waals surface area contributed by atoms with Crippen LogP contribution in [0.15, 0.2) is 18.2 Å². The molecule has 0 unspecified atom stereocenters. The fraction of sp³-hybridized carbons (Fsp3) is 0.696. The average Bonchev–Trinajstić information content (AvgIpc) is 2.61. The SMILES string of the molecule is CC.CC(C)(N)CO.CCc1cc(NC(=O)CCC(C)C)cc(C(C)C)c1. The minimum atomic E-state index is -0.403. The normalized spacial score (nSPS) is 10.7. The molecule has 0 bridgehead atoms. The molecule has 0 aromatic heterocycles. The van der Waals surface area contributed by atoms with Gasteiger partial charge in [0.2, 0.25) is 5.91 Å². The molecule has 0 fully saturated rings. The van der Waals surface area contributed by atoms with E-state index in [1.165, 1.54) is 11.1 Å². The molecule has 158 valence electrons. The number of amides is 1. The van der Waals surface area contributed by atoms with E-state index < -0.39 is 5.54 Å². The average molecular weight is 381 g/mol. The zero-order valence-electron chi connectivity index (χ0n) is 19.1. The number of rotatable bonds is 7. The Hall–Kier alpha value is -1.39. The number of aryl methyl sites for hydroxylation is 1. The number of aliphatic hydroxyl groups excluding tert-OH is 1. The zero-order chi connectivity index (χ0) is 21.6. The number of aliphatic hydroxyl groups is 1. The fourth-order valence-electron chi connectivity index (χ4n) is 1.97. The molecule has 1 amide bonds. The van der Waals surface area contributed by atoms with Crippen molar-refractivity contribution in [1.29, 1.82) is 0 Å². The third-order valence-electron chi connectivity index (χ3n) is 3.73. The number of carbonyl (C=O) groups excluding carboxylic acids is 1. The van der Waals surface area contributed by atoms with Crippen molar-refractivity contribution in [2.24, 2.45) is 11.7 Å². The highest BCUT2D eigenvalue weighted by molar-refractivity contribution is 5.90. The van der Waals surface area contributed by atoms with E-state index >= 15 is 0 Å². The maximum Gasteiger partial charge on any atom is 0.224 e. The molecule has 0 aliphatic heterocycles. The summed E-state index contributed by atoms with van der Waals surface area (Å²) >= 11 is 0. The van der Waals surface area contributed by atoms with Gasteiger partial charge in [-0.3, -0.25) is 4.79 Å². The molecule has 0 heterocycles. The van der Waals surface area contributed by atoms with Gasteiger partial charge in [-0.25, -0.2) is 0 Å². The number of carbonyl (C=O) groups is 1. The number of anilines is 1. The van der Waals surface area contributed by atoms with E-state index in [1.54, 1.807) is 13.8 Å². The van der Waals surface area contributed by atoms with Crippen LogP contribution >= 0.6 is 0 Å². The van der Waals surface area contributed by atoms with Gasteiger partial charge in [0.05, 0.1) is 6.61 Å². The highest BCUT2D eigenvalue weighted by atomic mass is 16.3. The number of nitrogens with two attached hydrogens (primary N) is 1. The van der Waals surface area contributed by atoms with Crippen molar-refractivity contribution in [3.8, 4) is 0 Å². The second-order valence-electron chi connectivity index (χ2n) is 8.10. The molecular weight excluding hydrogens is 336 g/mol. The number of hydrogen-bond donors (Lipinski definition) is 3. The summed E-state index contributed by atoms with van der Waals surface area (Å²) in [7, 11) is 0. The molecule has 0 saturated carbocycles. The topological polar surface area (TPSA) is 75.3 Å². The summed E-state index contributed by atoms with van der Waals surface area (Å²) in [6.45, 7) is 18.4. The second-order valence-corrected chi connectivity index (χ2v) is 8.10. The van der Waals surface area contributed by atoms with E-state index in [0.717, 1.165) is 18.5 Å². The smallest absolute Gasteiger partial charge is 0.224 e. The van der Waals surface area contributed by atoms with Crippen LogP contribution in [0.1, 0.15) is 92.2 Å². The minimum Gasteiger partial charge on any atom is -0.394 e. The van der Waals surface area contributed by atoms with Crippen molar-refractivity contribution in [2.45, 2.75) is 93.0 Å². The van der Waals surface area contributed by atoms with E-state index in [0.29, 0.717) is 18.3 Å². The Morgan fingerprint density at radius 2 is 1.67 bits per heavy atom. The van der Waals surface area contributed by atoms with Crippen LogP contribution in [0.5, 0.6) is 0 Å². The summed E-state index contributed by atoms with van der Waals surface area (Å²) in [6.07, 6.45) is 2.54. The van der Waals surface area contributed by atoms with Crippen molar-refractivity contribution in [3.63, 3.8) is 0 Å². The lowest BCUT2D eigenvalue weighted by molar-refractivity contribution is -0.116. The molecule has 4 heteroatoms. The minimum absolute atomic E-state index is 0.0486. The number of benzene rings is 1. The first-order valence-electron chi connectivity index (χ1n) is 10.3. The van der Waals surface area contributed by atoms with Crippen LogP contribution in [0.2, 0.25) is 0 Å². The zero-order valence-corrected chi connectivity index (χ0v) is 19.1. The van der Waals surface area contributed by atoms with Crippen LogP contribution in [0.4, 0.5) is 5.69 Å². The maximum atomic E-state index is 11.9. The van der Waals surface area contributed by atoms with Gasteiger partial charge in [-0.05, 0) is 61.8 Å². The summed E-state index contributed by atoms with van der Waals surface area (Å²) in [4.78, 5) is 11.9. The van der Waals surface area contributed by atoms with Gasteiger partial charge in [0, 0.05) is 17.6 Å². The molecule has 0 spiro atoms. The summed E-state index contributed by atoms with van der Waals surface area (Å²) in [5.41, 5.74) is 8.40. The van der Waals surface area contributed by atoms with Gasteiger partial charge in [-0.1, -0.05) is 54.5 Å². The Kier molecular flexibility index (Phi) is 15.1. The molecule has 1 aromatic rings. The Bertz CT molecular complexity index is 518. The third-order valence-corrected chi connectivity index (χ3v) is 3.73. The lowest BCUT2D eigenvalue weighted by Crippen LogP contribution is -2.35. The molecule has 1 rings (SSSR count). The van der Waals surface area contributed by atoms with Gasteiger partial charge >= 0.3 is 0 Å². The third kappa shape index (κ3) is 15.4. The molecule has 4 N–H and O–H groups in total. The Morgan fingerprint density at radius 1 is 1.15 bits per heavy atom. The van der Waals surface area contributed by atoms with Crippen LogP contribution in [0, 0.1) is 5.92 Å². The van der Waals surface area contributed by atoms with E-state index in [2.05, 4.69) is 58.1 Å². The second kappa shape index (κ2) is 14.6. The van der Waals surface area contributed by atoms with E-state index in [4.69, 9.17) is 10.8 Å². The summed E-state index contributed by atoms with van der Waals surface area (Å²) < 4.78 is 0. The first-order chi connectivity index (χ1) is 12.5. The van der Waals surface area contributed by atoms with E-state index in [9.17, 15) is 4.79 Å². The molecule has 4 nitrogen and oxygen atoms in total. The molecule has 0 atom stereocenters. The molecule has 0 radical (unpaired) electrons. The summed E-state index contributed by atoms with van der Waals surface area (Å²) in [5.74, 6) is 1.17. The molecule has 27 heavy (non-hydrogen) atoms. The Labute approximate surface area is 167 Å². The fourth-order valence-corrected chi connectivity index (χ4v) is 1.97. The monoisotopic (exact) mass is 380 g/mol. The van der Waals surface area contributed by atoms with Crippen LogP contribution < -0.4 is 11.1 Å². The van der Waals surface area contributed by atoms with Gasteiger partial charge in [0.25, 0.3) is 0 Å². The van der Waals surface area contributed by atoms with Crippen molar-refractivity contribution >= 4 is 11.6 Å². The van der Waals surface area contributed by atoms with E-state index in [-0.39, 0.29) is 12.5 Å². The molecule has 1 aromatic carbocycles. The van der Waals surface area contributed by atoms with Crippen LogP contribution in [0.25, 0.3) is 0 Å². The van der Waals surface area contributed by atoms with Crippen molar-refractivity contribution in [2.75, 3.05) is 11.9 Å². The lowest BCUT2D eigenvalue weighted by atomic mass is 9.98. The van der Waals surface area contributed by atoms with Gasteiger partial charge < -0.3 is 16.2 Å². The first kappa shape index (κ1) is 27.8. The van der Waals surface area contributed by atoms with Crippen molar-refractivity contribution in [3.05, 3.63) is 29.3 Å². The van der Waals surface area contributed by atoms with Gasteiger partial charge in [-0.15, -0.1) is 0 Å². The highest BCUT2D eigenvalue weighted by Gasteiger charge is 2.08.